The Hall–Kier alpha value is -1.60. The minimum absolute atomic E-state index is 0.318. The molecule has 1 heterocycles. The van der Waals surface area contributed by atoms with Crippen molar-refractivity contribution in [3.63, 3.8) is 0 Å². The summed E-state index contributed by atoms with van der Waals surface area (Å²) in [6, 6.07) is 0.318. The first-order valence-corrected chi connectivity index (χ1v) is 3.76. The van der Waals surface area contributed by atoms with Gasteiger partial charge in [-0.05, 0) is 6.07 Å². The van der Waals surface area contributed by atoms with Crippen LogP contribution in [-0.2, 0) is 12.4 Å². The van der Waals surface area contributed by atoms with E-state index in [2.05, 4.69) is 4.98 Å². The van der Waals surface area contributed by atoms with Gasteiger partial charge in [-0.3, -0.25) is 9.78 Å². The van der Waals surface area contributed by atoms with Crippen molar-refractivity contribution in [2.45, 2.75) is 12.4 Å². The number of hydrogen-bond donors (Lipinski definition) is 0. The third kappa shape index (κ3) is 2.31. The minimum Gasteiger partial charge on any atom is -0.298 e. The number of carbonyl (C=O) groups excluding carboxylic acids is 1. The van der Waals surface area contributed by atoms with E-state index in [1.807, 2.05) is 0 Å². The van der Waals surface area contributed by atoms with Crippen LogP contribution in [0.25, 0.3) is 0 Å². The SMILES string of the molecule is O=Cc1c(C(F)(F)F)ccnc1C(F)(F)F. The molecule has 0 spiro atoms. The lowest BCUT2D eigenvalue weighted by molar-refractivity contribution is -0.146. The van der Waals surface area contributed by atoms with Crippen molar-refractivity contribution in [3.8, 4) is 0 Å². The molecule has 1 aromatic rings. The molecule has 0 saturated heterocycles. The first-order valence-electron chi connectivity index (χ1n) is 3.76. The maximum absolute atomic E-state index is 12.2. The molecule has 0 atom stereocenters. The Kier molecular flexibility index (Phi) is 2.93. The maximum Gasteiger partial charge on any atom is 0.434 e. The Bertz CT molecular complexity index is 376. The van der Waals surface area contributed by atoms with Gasteiger partial charge >= 0.3 is 12.4 Å². The number of alkyl halides is 6. The molecule has 0 bridgehead atoms. The van der Waals surface area contributed by atoms with Crippen molar-refractivity contribution in [2.75, 3.05) is 0 Å². The molecule has 0 aliphatic carbocycles. The summed E-state index contributed by atoms with van der Waals surface area (Å²) in [5.41, 5.74) is -4.98. The second kappa shape index (κ2) is 3.76. The molecule has 16 heavy (non-hydrogen) atoms. The van der Waals surface area contributed by atoms with E-state index in [1.54, 1.807) is 0 Å². The van der Waals surface area contributed by atoms with Gasteiger partial charge in [-0.15, -0.1) is 0 Å². The van der Waals surface area contributed by atoms with Gasteiger partial charge in [0.2, 0.25) is 0 Å². The van der Waals surface area contributed by atoms with Gasteiger partial charge < -0.3 is 0 Å². The van der Waals surface area contributed by atoms with Crippen LogP contribution in [0, 0.1) is 0 Å². The third-order valence-corrected chi connectivity index (χ3v) is 1.68. The molecule has 0 N–H and O–H groups in total. The van der Waals surface area contributed by atoms with E-state index in [0.29, 0.717) is 12.3 Å². The van der Waals surface area contributed by atoms with Crippen molar-refractivity contribution in [3.05, 3.63) is 29.1 Å². The molecule has 88 valence electrons. The zero-order valence-electron chi connectivity index (χ0n) is 7.36. The molecule has 0 aliphatic heterocycles. The fourth-order valence-electron chi connectivity index (χ4n) is 1.07. The Morgan fingerprint density at radius 1 is 1.06 bits per heavy atom. The topological polar surface area (TPSA) is 30.0 Å². The largest absolute Gasteiger partial charge is 0.434 e. The number of pyridine rings is 1. The summed E-state index contributed by atoms with van der Waals surface area (Å²) >= 11 is 0. The highest BCUT2D eigenvalue weighted by molar-refractivity contribution is 5.79. The van der Waals surface area contributed by atoms with Gasteiger partial charge in [0.25, 0.3) is 0 Å². The maximum atomic E-state index is 12.2. The quantitative estimate of drug-likeness (QED) is 0.560. The van der Waals surface area contributed by atoms with E-state index in [-0.39, 0.29) is 0 Å². The van der Waals surface area contributed by atoms with Crippen LogP contribution in [0.4, 0.5) is 26.3 Å². The predicted octanol–water partition coefficient (Wildman–Crippen LogP) is 2.93. The molecule has 0 saturated carbocycles. The Morgan fingerprint density at radius 3 is 2.00 bits per heavy atom. The van der Waals surface area contributed by atoms with Crippen LogP contribution in [-0.4, -0.2) is 11.3 Å². The van der Waals surface area contributed by atoms with Gasteiger partial charge in [0.15, 0.2) is 12.0 Å². The molecule has 0 aromatic carbocycles. The molecule has 0 fully saturated rings. The smallest absolute Gasteiger partial charge is 0.298 e. The van der Waals surface area contributed by atoms with Crippen molar-refractivity contribution in [2.24, 2.45) is 0 Å². The summed E-state index contributed by atoms with van der Waals surface area (Å²) in [5.74, 6) is 0. The first kappa shape index (κ1) is 12.5. The van der Waals surface area contributed by atoms with Gasteiger partial charge in [-0.25, -0.2) is 0 Å². The zero-order chi connectivity index (χ0) is 12.6. The number of aldehydes is 1. The van der Waals surface area contributed by atoms with Crippen molar-refractivity contribution >= 4 is 6.29 Å². The van der Waals surface area contributed by atoms with E-state index in [9.17, 15) is 31.1 Å². The van der Waals surface area contributed by atoms with Crippen LogP contribution in [0.3, 0.4) is 0 Å². The standard InChI is InChI=1S/C8H3F6NO/c9-7(10,11)5-1-2-15-6(4(5)3-16)8(12,13)14/h1-3H. The second-order valence-electron chi connectivity index (χ2n) is 2.73. The van der Waals surface area contributed by atoms with Crippen LogP contribution in [0.1, 0.15) is 21.6 Å². The highest BCUT2D eigenvalue weighted by Gasteiger charge is 2.41. The van der Waals surface area contributed by atoms with E-state index in [1.165, 1.54) is 0 Å². The summed E-state index contributed by atoms with van der Waals surface area (Å²) in [4.78, 5) is 13.0. The highest BCUT2D eigenvalue weighted by atomic mass is 19.4. The van der Waals surface area contributed by atoms with Crippen LogP contribution in [0.15, 0.2) is 12.3 Å². The van der Waals surface area contributed by atoms with E-state index in [0.717, 1.165) is 0 Å². The van der Waals surface area contributed by atoms with Crippen LogP contribution in [0.2, 0.25) is 0 Å². The Balaban J connectivity index is 3.51. The lowest BCUT2D eigenvalue weighted by atomic mass is 10.1. The lowest BCUT2D eigenvalue weighted by Crippen LogP contribution is -2.17. The Labute approximate surface area is 84.9 Å². The van der Waals surface area contributed by atoms with Crippen LogP contribution < -0.4 is 0 Å². The molecular weight excluding hydrogens is 240 g/mol. The van der Waals surface area contributed by atoms with Gasteiger partial charge in [0.1, 0.15) is 0 Å². The molecule has 1 rings (SSSR count). The van der Waals surface area contributed by atoms with E-state index >= 15 is 0 Å². The van der Waals surface area contributed by atoms with E-state index in [4.69, 9.17) is 0 Å². The second-order valence-corrected chi connectivity index (χ2v) is 2.73. The minimum atomic E-state index is -5.10. The fraction of sp³-hybridized carbons (Fsp3) is 0.250. The van der Waals surface area contributed by atoms with E-state index < -0.39 is 35.5 Å². The van der Waals surface area contributed by atoms with Crippen molar-refractivity contribution in [1.29, 1.82) is 0 Å². The fourth-order valence-corrected chi connectivity index (χ4v) is 1.07. The van der Waals surface area contributed by atoms with Gasteiger partial charge in [-0.1, -0.05) is 0 Å². The van der Waals surface area contributed by atoms with Crippen LogP contribution in [0.5, 0.6) is 0 Å². The molecular formula is C8H3F6NO. The van der Waals surface area contributed by atoms with Crippen molar-refractivity contribution in [1.82, 2.24) is 4.98 Å². The monoisotopic (exact) mass is 243 g/mol. The third-order valence-electron chi connectivity index (χ3n) is 1.68. The Morgan fingerprint density at radius 2 is 1.62 bits per heavy atom. The summed E-state index contributed by atoms with van der Waals surface area (Å²) in [6.45, 7) is 0. The molecule has 0 unspecified atom stereocenters. The summed E-state index contributed by atoms with van der Waals surface area (Å²) in [5, 5.41) is 0. The van der Waals surface area contributed by atoms with Gasteiger partial charge in [0.05, 0.1) is 11.1 Å². The number of nitrogens with zero attached hydrogens (tertiary/aromatic N) is 1. The number of rotatable bonds is 1. The van der Waals surface area contributed by atoms with Gasteiger partial charge in [0, 0.05) is 6.20 Å². The first-order chi connectivity index (χ1) is 7.18. The highest BCUT2D eigenvalue weighted by Crippen LogP contribution is 2.37. The summed E-state index contributed by atoms with van der Waals surface area (Å²) in [7, 11) is 0. The van der Waals surface area contributed by atoms with Crippen LogP contribution >= 0.6 is 0 Å². The molecule has 0 radical (unpaired) electrons. The summed E-state index contributed by atoms with van der Waals surface area (Å²) < 4.78 is 73.4. The molecule has 0 amide bonds. The molecule has 0 aliphatic rings. The summed E-state index contributed by atoms with van der Waals surface area (Å²) in [6.07, 6.45) is -10.3. The lowest BCUT2D eigenvalue weighted by Gasteiger charge is -2.13. The van der Waals surface area contributed by atoms with Crippen molar-refractivity contribution < 1.29 is 31.1 Å². The number of carbonyl (C=O) groups is 1. The number of halogens is 6. The van der Waals surface area contributed by atoms with Gasteiger partial charge in [-0.2, -0.15) is 26.3 Å². The molecule has 8 heteroatoms. The molecule has 1 aromatic heterocycles. The predicted molar refractivity (Wildman–Crippen MR) is 39.6 cm³/mol. The average Bonchev–Trinajstić information content (AvgIpc) is 2.13. The normalized spacial score (nSPS) is 12.6. The average molecular weight is 243 g/mol. The molecule has 2 nitrogen and oxygen atoms in total. The number of hydrogen-bond acceptors (Lipinski definition) is 2. The zero-order valence-corrected chi connectivity index (χ0v) is 7.36. The number of aromatic nitrogens is 1.